The summed E-state index contributed by atoms with van der Waals surface area (Å²) in [4.78, 5) is 0. The summed E-state index contributed by atoms with van der Waals surface area (Å²) in [6.07, 6.45) is 6.04. The molecule has 0 aliphatic carbocycles. The van der Waals surface area contributed by atoms with Crippen molar-refractivity contribution in [2.75, 3.05) is 0 Å². The SMILES string of the molecule is Cc1nn(C)cc1C1(O)CC2CCC(C1)O2. The van der Waals surface area contributed by atoms with Crippen molar-refractivity contribution in [1.82, 2.24) is 9.78 Å². The fourth-order valence-electron chi connectivity index (χ4n) is 3.19. The van der Waals surface area contributed by atoms with Gasteiger partial charge in [0.05, 0.1) is 23.5 Å². The van der Waals surface area contributed by atoms with Gasteiger partial charge >= 0.3 is 0 Å². The van der Waals surface area contributed by atoms with Crippen molar-refractivity contribution in [3.05, 3.63) is 17.5 Å². The molecule has 0 aromatic carbocycles. The van der Waals surface area contributed by atoms with Crippen LogP contribution in [0.1, 0.15) is 36.9 Å². The van der Waals surface area contributed by atoms with Crippen LogP contribution in [0.15, 0.2) is 6.20 Å². The summed E-state index contributed by atoms with van der Waals surface area (Å²) in [6, 6.07) is 0. The third-order valence-corrected chi connectivity index (χ3v) is 3.84. The Balaban J connectivity index is 1.96. The summed E-state index contributed by atoms with van der Waals surface area (Å²) < 4.78 is 7.55. The van der Waals surface area contributed by atoms with Gasteiger partial charge in [-0.25, -0.2) is 0 Å². The van der Waals surface area contributed by atoms with E-state index < -0.39 is 5.60 Å². The van der Waals surface area contributed by atoms with Crippen LogP contribution >= 0.6 is 0 Å². The van der Waals surface area contributed by atoms with Crippen molar-refractivity contribution in [3.63, 3.8) is 0 Å². The van der Waals surface area contributed by atoms with Crippen LogP contribution < -0.4 is 0 Å². The standard InChI is InChI=1S/C12H18N2O2/c1-8-11(7-14(2)13-8)12(15)5-9-3-4-10(6-12)16-9/h7,9-10,15H,3-6H2,1-2H3. The normalized spacial score (nSPS) is 37.9. The Labute approximate surface area is 95.2 Å². The van der Waals surface area contributed by atoms with Crippen molar-refractivity contribution in [2.24, 2.45) is 7.05 Å². The molecule has 2 unspecified atom stereocenters. The summed E-state index contributed by atoms with van der Waals surface area (Å²) in [5.74, 6) is 0. The zero-order valence-corrected chi connectivity index (χ0v) is 9.81. The molecule has 1 aromatic heterocycles. The van der Waals surface area contributed by atoms with E-state index in [9.17, 15) is 5.11 Å². The zero-order valence-electron chi connectivity index (χ0n) is 9.81. The molecule has 88 valence electrons. The van der Waals surface area contributed by atoms with Gasteiger partial charge in [0.1, 0.15) is 0 Å². The van der Waals surface area contributed by atoms with Gasteiger partial charge in [-0.2, -0.15) is 5.10 Å². The third kappa shape index (κ3) is 1.48. The number of aromatic nitrogens is 2. The Kier molecular flexibility index (Phi) is 2.13. The first-order chi connectivity index (χ1) is 7.57. The van der Waals surface area contributed by atoms with Gasteiger partial charge in [0.2, 0.25) is 0 Å². The molecule has 4 nitrogen and oxygen atoms in total. The van der Waals surface area contributed by atoms with Crippen LogP contribution in [0.25, 0.3) is 0 Å². The number of hydrogen-bond donors (Lipinski definition) is 1. The number of aliphatic hydroxyl groups is 1. The highest BCUT2D eigenvalue weighted by Crippen LogP contribution is 2.44. The van der Waals surface area contributed by atoms with Gasteiger partial charge in [-0.3, -0.25) is 4.68 Å². The highest BCUT2D eigenvalue weighted by Gasteiger charge is 2.45. The molecule has 1 aromatic rings. The van der Waals surface area contributed by atoms with Gasteiger partial charge in [-0.05, 0) is 19.8 Å². The lowest BCUT2D eigenvalue weighted by molar-refractivity contribution is -0.115. The summed E-state index contributed by atoms with van der Waals surface area (Å²) in [6.45, 7) is 1.96. The van der Waals surface area contributed by atoms with Crippen molar-refractivity contribution in [3.8, 4) is 0 Å². The Morgan fingerprint density at radius 2 is 2.06 bits per heavy atom. The molecule has 0 saturated carbocycles. The van der Waals surface area contributed by atoms with Gasteiger partial charge in [-0.15, -0.1) is 0 Å². The second-order valence-electron chi connectivity index (χ2n) is 5.20. The molecule has 4 heteroatoms. The van der Waals surface area contributed by atoms with E-state index in [4.69, 9.17) is 4.74 Å². The quantitative estimate of drug-likeness (QED) is 0.778. The van der Waals surface area contributed by atoms with E-state index in [0.29, 0.717) is 0 Å². The number of aryl methyl sites for hydroxylation is 2. The molecule has 0 spiro atoms. The first-order valence-electron chi connectivity index (χ1n) is 5.95. The van der Waals surface area contributed by atoms with E-state index in [0.717, 1.165) is 36.9 Å². The van der Waals surface area contributed by atoms with E-state index in [1.54, 1.807) is 4.68 Å². The maximum absolute atomic E-state index is 10.8. The molecule has 2 atom stereocenters. The van der Waals surface area contributed by atoms with Gasteiger partial charge in [0, 0.05) is 31.6 Å². The molecule has 3 heterocycles. The molecular weight excluding hydrogens is 204 g/mol. The molecule has 2 fully saturated rings. The molecule has 0 radical (unpaired) electrons. The van der Waals surface area contributed by atoms with Crippen LogP contribution in [-0.2, 0) is 17.4 Å². The number of rotatable bonds is 1. The molecule has 16 heavy (non-hydrogen) atoms. The van der Waals surface area contributed by atoms with Crippen molar-refractivity contribution < 1.29 is 9.84 Å². The summed E-state index contributed by atoms with van der Waals surface area (Å²) in [7, 11) is 1.90. The van der Waals surface area contributed by atoms with Crippen LogP contribution in [0.5, 0.6) is 0 Å². The van der Waals surface area contributed by atoms with Gasteiger partial charge in [-0.1, -0.05) is 0 Å². The van der Waals surface area contributed by atoms with Gasteiger partial charge < -0.3 is 9.84 Å². The smallest absolute Gasteiger partial charge is 0.0978 e. The van der Waals surface area contributed by atoms with Crippen LogP contribution in [-0.4, -0.2) is 27.1 Å². The van der Waals surface area contributed by atoms with E-state index in [1.807, 2.05) is 20.2 Å². The van der Waals surface area contributed by atoms with Gasteiger partial charge in [0.15, 0.2) is 0 Å². The van der Waals surface area contributed by atoms with Crippen LogP contribution in [0, 0.1) is 6.92 Å². The van der Waals surface area contributed by atoms with E-state index >= 15 is 0 Å². The molecule has 2 aliphatic heterocycles. The van der Waals surface area contributed by atoms with Crippen LogP contribution in [0.3, 0.4) is 0 Å². The second kappa shape index (κ2) is 3.31. The Bertz CT molecular complexity index is 401. The van der Waals surface area contributed by atoms with E-state index in [-0.39, 0.29) is 12.2 Å². The number of nitrogens with zero attached hydrogens (tertiary/aromatic N) is 2. The molecule has 2 bridgehead atoms. The fraction of sp³-hybridized carbons (Fsp3) is 0.750. The highest BCUT2D eigenvalue weighted by molar-refractivity contribution is 5.25. The Morgan fingerprint density at radius 3 is 2.56 bits per heavy atom. The summed E-state index contributed by atoms with van der Waals surface area (Å²) >= 11 is 0. The lowest BCUT2D eigenvalue weighted by Gasteiger charge is -2.36. The number of ether oxygens (including phenoxy) is 1. The minimum atomic E-state index is -0.720. The highest BCUT2D eigenvalue weighted by atomic mass is 16.5. The summed E-state index contributed by atoms with van der Waals surface area (Å²) in [5, 5.41) is 15.1. The zero-order chi connectivity index (χ0) is 11.3. The molecule has 2 aliphatic rings. The summed E-state index contributed by atoms with van der Waals surface area (Å²) in [5.41, 5.74) is 1.20. The predicted octanol–water partition coefficient (Wildman–Crippen LogP) is 1.26. The first-order valence-corrected chi connectivity index (χ1v) is 5.95. The van der Waals surface area contributed by atoms with Gasteiger partial charge in [0.25, 0.3) is 0 Å². The molecule has 1 N–H and O–H groups in total. The van der Waals surface area contributed by atoms with Crippen LogP contribution in [0.4, 0.5) is 0 Å². The third-order valence-electron chi connectivity index (χ3n) is 3.84. The van der Waals surface area contributed by atoms with Crippen molar-refractivity contribution in [1.29, 1.82) is 0 Å². The van der Waals surface area contributed by atoms with E-state index in [1.165, 1.54) is 0 Å². The maximum Gasteiger partial charge on any atom is 0.0978 e. The fourth-order valence-corrected chi connectivity index (χ4v) is 3.19. The molecule has 0 amide bonds. The van der Waals surface area contributed by atoms with Crippen LogP contribution in [0.2, 0.25) is 0 Å². The minimum Gasteiger partial charge on any atom is -0.385 e. The van der Waals surface area contributed by atoms with Crippen molar-refractivity contribution in [2.45, 2.75) is 50.4 Å². The minimum absolute atomic E-state index is 0.239. The molecule has 3 rings (SSSR count). The second-order valence-corrected chi connectivity index (χ2v) is 5.20. The number of hydrogen-bond acceptors (Lipinski definition) is 3. The number of fused-ring (bicyclic) bond motifs is 2. The largest absolute Gasteiger partial charge is 0.385 e. The lowest BCUT2D eigenvalue weighted by Crippen LogP contribution is -2.38. The maximum atomic E-state index is 10.8. The average Bonchev–Trinajstić information content (AvgIpc) is 2.70. The molecule has 2 saturated heterocycles. The Hall–Kier alpha value is -0.870. The average molecular weight is 222 g/mol. The van der Waals surface area contributed by atoms with Crippen molar-refractivity contribution >= 4 is 0 Å². The lowest BCUT2D eigenvalue weighted by atomic mass is 9.84. The molecular formula is C12H18N2O2. The Morgan fingerprint density at radius 1 is 1.44 bits per heavy atom. The monoisotopic (exact) mass is 222 g/mol. The first kappa shape index (κ1) is 10.3. The van der Waals surface area contributed by atoms with E-state index in [2.05, 4.69) is 5.10 Å². The topological polar surface area (TPSA) is 47.3 Å². The predicted molar refractivity (Wildman–Crippen MR) is 59.0 cm³/mol.